The van der Waals surface area contributed by atoms with Gasteiger partial charge < -0.3 is 18.9 Å². The van der Waals surface area contributed by atoms with E-state index in [0.29, 0.717) is 29.4 Å². The van der Waals surface area contributed by atoms with Gasteiger partial charge in [-0.05, 0) is 24.6 Å². The predicted octanol–water partition coefficient (Wildman–Crippen LogP) is 2.82. The second-order valence-electron chi connectivity index (χ2n) is 6.25. The second kappa shape index (κ2) is 9.17. The summed E-state index contributed by atoms with van der Waals surface area (Å²) in [6.45, 7) is 2.49. The van der Waals surface area contributed by atoms with Gasteiger partial charge in [0.15, 0.2) is 5.82 Å². The topological polar surface area (TPSA) is 105 Å². The van der Waals surface area contributed by atoms with Crippen molar-refractivity contribution in [1.82, 2.24) is 14.8 Å². The fourth-order valence-electron chi connectivity index (χ4n) is 3.02. The highest BCUT2D eigenvalue weighted by molar-refractivity contribution is 5.95. The summed E-state index contributed by atoms with van der Waals surface area (Å²) in [6.07, 6.45) is 0.816. The van der Waals surface area contributed by atoms with Gasteiger partial charge in [0.2, 0.25) is 0 Å². The lowest BCUT2D eigenvalue weighted by Crippen LogP contribution is -2.17. The number of para-hydroxylation sites is 2. The Morgan fingerprint density at radius 2 is 1.80 bits per heavy atom. The quantitative estimate of drug-likeness (QED) is 0.566. The van der Waals surface area contributed by atoms with Crippen LogP contribution in [0.4, 0.5) is 0 Å². The average molecular weight is 413 g/mol. The lowest BCUT2D eigenvalue weighted by molar-refractivity contribution is 0.0597. The lowest BCUT2D eigenvalue weighted by Gasteiger charge is -2.15. The molecule has 0 aliphatic carbocycles. The third kappa shape index (κ3) is 3.86. The molecule has 9 nitrogen and oxygen atoms in total. The molecule has 1 aromatic heterocycles. The number of hydrogen-bond donors (Lipinski definition) is 1. The minimum Gasteiger partial charge on any atom is -0.496 e. The summed E-state index contributed by atoms with van der Waals surface area (Å²) in [5.41, 5.74) is 0.628. The first-order valence-corrected chi connectivity index (χ1v) is 9.30. The van der Waals surface area contributed by atoms with Gasteiger partial charge in [0.1, 0.15) is 22.8 Å². The van der Waals surface area contributed by atoms with Crippen LogP contribution in [-0.4, -0.2) is 48.7 Å². The van der Waals surface area contributed by atoms with Gasteiger partial charge in [-0.1, -0.05) is 19.1 Å². The van der Waals surface area contributed by atoms with E-state index in [-0.39, 0.29) is 17.1 Å². The van der Waals surface area contributed by atoms with E-state index in [2.05, 4.69) is 10.2 Å². The fraction of sp³-hybridized carbons (Fsp3) is 0.286. The largest absolute Gasteiger partial charge is 0.496 e. The van der Waals surface area contributed by atoms with Crippen LogP contribution in [0.5, 0.6) is 17.2 Å². The molecule has 1 N–H and O–H groups in total. The van der Waals surface area contributed by atoms with Crippen molar-refractivity contribution in [3.8, 4) is 34.3 Å². The maximum absolute atomic E-state index is 12.7. The van der Waals surface area contributed by atoms with E-state index in [4.69, 9.17) is 18.9 Å². The van der Waals surface area contributed by atoms with E-state index < -0.39 is 11.7 Å². The standard InChI is InChI=1S/C21H23N3O6/c1-5-10-30-16-9-7-6-8-15(16)24-19(22-23-21(24)26)13-11-14(20(25)29-4)18(28-3)12-17(13)27-2/h6-9,11-12H,5,10H2,1-4H3,(H,23,26). The van der Waals surface area contributed by atoms with Crippen molar-refractivity contribution in [3.63, 3.8) is 0 Å². The van der Waals surface area contributed by atoms with Gasteiger partial charge in [-0.25, -0.2) is 19.3 Å². The SMILES string of the molecule is CCCOc1ccccc1-n1c(-c2cc(C(=O)OC)c(OC)cc2OC)n[nH]c1=O. The van der Waals surface area contributed by atoms with E-state index in [0.717, 1.165) is 6.42 Å². The van der Waals surface area contributed by atoms with E-state index >= 15 is 0 Å². The molecule has 0 amide bonds. The summed E-state index contributed by atoms with van der Waals surface area (Å²) >= 11 is 0. The first-order chi connectivity index (χ1) is 14.5. The highest BCUT2D eigenvalue weighted by Gasteiger charge is 2.23. The van der Waals surface area contributed by atoms with Gasteiger partial charge in [-0.15, -0.1) is 0 Å². The van der Waals surface area contributed by atoms with Crippen LogP contribution in [0.25, 0.3) is 17.1 Å². The van der Waals surface area contributed by atoms with Crippen molar-refractivity contribution in [2.75, 3.05) is 27.9 Å². The number of aromatic amines is 1. The first kappa shape index (κ1) is 21.0. The van der Waals surface area contributed by atoms with Gasteiger partial charge >= 0.3 is 11.7 Å². The number of methoxy groups -OCH3 is 3. The number of ether oxygens (including phenoxy) is 4. The summed E-state index contributed by atoms with van der Waals surface area (Å²) in [6, 6.07) is 10.2. The molecule has 0 atom stereocenters. The molecule has 0 spiro atoms. The Labute approximate surface area is 173 Å². The van der Waals surface area contributed by atoms with Crippen LogP contribution in [0.3, 0.4) is 0 Å². The molecule has 158 valence electrons. The number of carbonyl (C=O) groups excluding carboxylic acids is 1. The molecule has 9 heteroatoms. The lowest BCUT2D eigenvalue weighted by atomic mass is 10.1. The van der Waals surface area contributed by atoms with E-state index in [1.165, 1.54) is 32.0 Å². The Morgan fingerprint density at radius 1 is 1.07 bits per heavy atom. The zero-order valence-corrected chi connectivity index (χ0v) is 17.2. The summed E-state index contributed by atoms with van der Waals surface area (Å²) in [7, 11) is 4.19. The van der Waals surface area contributed by atoms with Gasteiger partial charge in [0.05, 0.1) is 39.2 Å². The highest BCUT2D eigenvalue weighted by Crippen LogP contribution is 2.36. The number of nitrogens with one attached hydrogen (secondary N) is 1. The Bertz CT molecular complexity index is 1100. The minimum atomic E-state index is -0.591. The van der Waals surface area contributed by atoms with Gasteiger partial charge in [-0.3, -0.25) is 0 Å². The summed E-state index contributed by atoms with van der Waals surface area (Å²) in [4.78, 5) is 24.9. The molecule has 2 aromatic carbocycles. The van der Waals surface area contributed by atoms with Crippen LogP contribution in [-0.2, 0) is 4.74 Å². The van der Waals surface area contributed by atoms with Crippen molar-refractivity contribution < 1.29 is 23.7 Å². The minimum absolute atomic E-state index is 0.174. The molecule has 0 aliphatic heterocycles. The Kier molecular flexibility index (Phi) is 6.41. The summed E-state index contributed by atoms with van der Waals surface area (Å²) in [5.74, 6) is 0.833. The highest BCUT2D eigenvalue weighted by atomic mass is 16.5. The fourth-order valence-corrected chi connectivity index (χ4v) is 3.02. The van der Waals surface area contributed by atoms with Crippen molar-refractivity contribution in [2.24, 2.45) is 0 Å². The number of rotatable bonds is 8. The Morgan fingerprint density at radius 3 is 2.47 bits per heavy atom. The zero-order chi connectivity index (χ0) is 21.7. The molecule has 0 saturated carbocycles. The maximum atomic E-state index is 12.7. The Hall–Kier alpha value is -3.75. The maximum Gasteiger partial charge on any atom is 0.348 e. The number of nitrogens with zero attached hydrogens (tertiary/aromatic N) is 2. The molecular formula is C21H23N3O6. The van der Waals surface area contributed by atoms with Gasteiger partial charge in [0, 0.05) is 6.07 Å². The van der Waals surface area contributed by atoms with Gasteiger partial charge in [0.25, 0.3) is 0 Å². The normalized spacial score (nSPS) is 10.5. The second-order valence-corrected chi connectivity index (χ2v) is 6.25. The average Bonchev–Trinajstić information content (AvgIpc) is 3.17. The molecule has 0 bridgehead atoms. The number of aromatic nitrogens is 3. The Balaban J connectivity index is 2.25. The van der Waals surface area contributed by atoms with Crippen LogP contribution in [0, 0.1) is 0 Å². The van der Waals surface area contributed by atoms with E-state index in [9.17, 15) is 9.59 Å². The summed E-state index contributed by atoms with van der Waals surface area (Å²) in [5, 5.41) is 6.63. The van der Waals surface area contributed by atoms with E-state index in [1.54, 1.807) is 24.3 Å². The molecule has 0 radical (unpaired) electrons. The van der Waals surface area contributed by atoms with Crippen molar-refractivity contribution >= 4 is 5.97 Å². The molecular weight excluding hydrogens is 390 g/mol. The van der Waals surface area contributed by atoms with Crippen molar-refractivity contribution in [1.29, 1.82) is 0 Å². The van der Waals surface area contributed by atoms with E-state index in [1.807, 2.05) is 13.0 Å². The van der Waals surface area contributed by atoms with Crippen molar-refractivity contribution in [2.45, 2.75) is 13.3 Å². The number of carbonyl (C=O) groups is 1. The first-order valence-electron chi connectivity index (χ1n) is 9.30. The third-order valence-electron chi connectivity index (χ3n) is 4.41. The number of esters is 1. The predicted molar refractivity (Wildman–Crippen MR) is 110 cm³/mol. The molecule has 3 rings (SSSR count). The van der Waals surface area contributed by atoms with Crippen LogP contribution >= 0.6 is 0 Å². The number of H-pyrrole nitrogens is 1. The molecule has 1 heterocycles. The molecule has 0 unspecified atom stereocenters. The van der Waals surface area contributed by atoms with Crippen LogP contribution in [0.15, 0.2) is 41.2 Å². The molecule has 3 aromatic rings. The van der Waals surface area contributed by atoms with Crippen molar-refractivity contribution in [3.05, 3.63) is 52.4 Å². The number of hydrogen-bond acceptors (Lipinski definition) is 7. The zero-order valence-electron chi connectivity index (χ0n) is 17.2. The van der Waals surface area contributed by atoms with Crippen LogP contribution in [0.2, 0.25) is 0 Å². The molecule has 0 saturated heterocycles. The summed E-state index contributed by atoms with van der Waals surface area (Å²) < 4.78 is 22.8. The third-order valence-corrected chi connectivity index (χ3v) is 4.41. The molecule has 0 fully saturated rings. The van der Waals surface area contributed by atoms with Gasteiger partial charge in [-0.2, -0.15) is 5.10 Å². The molecule has 30 heavy (non-hydrogen) atoms. The molecule has 0 aliphatic rings. The van der Waals surface area contributed by atoms with Crippen LogP contribution < -0.4 is 19.9 Å². The number of benzene rings is 2. The smallest absolute Gasteiger partial charge is 0.348 e. The van der Waals surface area contributed by atoms with Crippen LogP contribution in [0.1, 0.15) is 23.7 Å². The monoisotopic (exact) mass is 413 g/mol.